The molecule has 0 saturated carbocycles. The summed E-state index contributed by atoms with van der Waals surface area (Å²) in [6, 6.07) is 5.47. The van der Waals surface area contributed by atoms with Crippen LogP contribution >= 0.6 is 0 Å². The van der Waals surface area contributed by atoms with Crippen molar-refractivity contribution in [2.45, 2.75) is 0 Å². The number of para-hydroxylation sites is 1. The van der Waals surface area contributed by atoms with E-state index in [1.165, 1.54) is 0 Å². The second-order valence-corrected chi connectivity index (χ2v) is 3.89. The first kappa shape index (κ1) is 14.4. The fourth-order valence-corrected chi connectivity index (χ4v) is 1.61. The maximum atomic E-state index is 13.5. The van der Waals surface area contributed by atoms with Crippen LogP contribution in [0, 0.1) is 21.7 Å². The average molecular weight is 295 g/mol. The Morgan fingerprint density at radius 1 is 1.24 bits per heavy atom. The van der Waals surface area contributed by atoms with Crippen molar-refractivity contribution in [3.05, 3.63) is 63.7 Å². The highest BCUT2D eigenvalue weighted by Crippen LogP contribution is 2.36. The van der Waals surface area contributed by atoms with E-state index in [9.17, 15) is 23.7 Å². The minimum Gasteiger partial charge on any atom is -0.478 e. The second kappa shape index (κ2) is 5.53. The van der Waals surface area contributed by atoms with Gasteiger partial charge in [-0.3, -0.25) is 10.1 Å². The van der Waals surface area contributed by atoms with E-state index < -0.39 is 45.3 Å². The largest absolute Gasteiger partial charge is 0.478 e. The smallest absolute Gasteiger partial charge is 0.339 e. The Hall–Kier alpha value is -3.03. The van der Waals surface area contributed by atoms with Gasteiger partial charge in [-0.2, -0.15) is 0 Å². The van der Waals surface area contributed by atoms with Gasteiger partial charge in [0.05, 0.1) is 4.92 Å². The lowest BCUT2D eigenvalue weighted by atomic mass is 10.1. The Morgan fingerprint density at radius 2 is 1.95 bits per heavy atom. The zero-order valence-electron chi connectivity index (χ0n) is 10.2. The molecule has 0 aliphatic rings. The van der Waals surface area contributed by atoms with Crippen LogP contribution in [0.25, 0.3) is 0 Å². The number of benzene rings is 2. The molecular formula is C13H7F2NO5. The van der Waals surface area contributed by atoms with Crippen LogP contribution in [0.4, 0.5) is 14.5 Å². The van der Waals surface area contributed by atoms with Gasteiger partial charge in [-0.1, -0.05) is 6.07 Å². The summed E-state index contributed by atoms with van der Waals surface area (Å²) in [5, 5.41) is 19.9. The van der Waals surface area contributed by atoms with E-state index in [4.69, 9.17) is 9.84 Å². The minimum atomic E-state index is -1.49. The second-order valence-electron chi connectivity index (χ2n) is 3.89. The number of nitro benzene ring substituents is 1. The molecule has 2 aromatic carbocycles. The van der Waals surface area contributed by atoms with E-state index in [1.807, 2.05) is 0 Å². The first-order valence-corrected chi connectivity index (χ1v) is 5.53. The standard InChI is InChI=1S/C13H7F2NO5/c14-7-4-5-9(15)11(6-7)21-12-8(13(17)18)2-1-3-10(12)16(19)20/h1-6H,(H,17,18). The number of nitrogens with zero attached hydrogens (tertiary/aromatic N) is 1. The molecule has 0 fully saturated rings. The van der Waals surface area contributed by atoms with Crippen molar-refractivity contribution in [3.8, 4) is 11.5 Å². The van der Waals surface area contributed by atoms with Gasteiger partial charge in [-0.25, -0.2) is 13.6 Å². The van der Waals surface area contributed by atoms with Crippen LogP contribution in [0.3, 0.4) is 0 Å². The molecule has 0 heterocycles. The third-order valence-electron chi connectivity index (χ3n) is 2.53. The lowest BCUT2D eigenvalue weighted by molar-refractivity contribution is -0.385. The number of halogens is 2. The highest BCUT2D eigenvalue weighted by Gasteiger charge is 2.24. The number of rotatable bonds is 4. The predicted molar refractivity (Wildman–Crippen MR) is 66.5 cm³/mol. The number of carboxylic acid groups (broad SMARTS) is 1. The summed E-state index contributed by atoms with van der Waals surface area (Å²) in [5.74, 6) is -4.62. The number of aromatic carboxylic acids is 1. The maximum Gasteiger partial charge on any atom is 0.339 e. The Balaban J connectivity index is 2.59. The van der Waals surface area contributed by atoms with Crippen molar-refractivity contribution in [2.24, 2.45) is 0 Å². The van der Waals surface area contributed by atoms with Crippen LogP contribution in [-0.4, -0.2) is 16.0 Å². The van der Waals surface area contributed by atoms with E-state index >= 15 is 0 Å². The van der Waals surface area contributed by atoms with E-state index in [0.29, 0.717) is 6.07 Å². The van der Waals surface area contributed by atoms with Gasteiger partial charge in [0, 0.05) is 12.1 Å². The number of nitro groups is 1. The number of hydrogen-bond donors (Lipinski definition) is 1. The summed E-state index contributed by atoms with van der Waals surface area (Å²) in [4.78, 5) is 21.1. The Labute approximate surface area is 116 Å². The van der Waals surface area contributed by atoms with Crippen molar-refractivity contribution < 1.29 is 28.3 Å². The van der Waals surface area contributed by atoms with Crippen LogP contribution in [-0.2, 0) is 0 Å². The van der Waals surface area contributed by atoms with Crippen molar-refractivity contribution in [3.63, 3.8) is 0 Å². The summed E-state index contributed by atoms with van der Waals surface area (Å²) < 4.78 is 31.5. The van der Waals surface area contributed by atoms with Gasteiger partial charge in [0.1, 0.15) is 11.4 Å². The summed E-state index contributed by atoms with van der Waals surface area (Å²) >= 11 is 0. The van der Waals surface area contributed by atoms with Crippen LogP contribution in [0.15, 0.2) is 36.4 Å². The van der Waals surface area contributed by atoms with Gasteiger partial charge in [-0.05, 0) is 18.2 Å². The van der Waals surface area contributed by atoms with Crippen molar-refractivity contribution in [2.75, 3.05) is 0 Å². The number of carboxylic acids is 1. The monoisotopic (exact) mass is 295 g/mol. The first-order chi connectivity index (χ1) is 9.90. The van der Waals surface area contributed by atoms with Gasteiger partial charge in [0.25, 0.3) is 0 Å². The molecule has 0 unspecified atom stereocenters. The van der Waals surface area contributed by atoms with Gasteiger partial charge in [0.2, 0.25) is 5.75 Å². The molecule has 0 bridgehead atoms. The molecule has 0 aliphatic carbocycles. The molecule has 2 aromatic rings. The first-order valence-electron chi connectivity index (χ1n) is 5.53. The molecule has 2 rings (SSSR count). The fraction of sp³-hybridized carbons (Fsp3) is 0. The summed E-state index contributed by atoms with van der Waals surface area (Å²) in [6.45, 7) is 0. The molecule has 21 heavy (non-hydrogen) atoms. The molecule has 0 aliphatic heterocycles. The molecule has 0 aromatic heterocycles. The number of hydrogen-bond acceptors (Lipinski definition) is 4. The normalized spacial score (nSPS) is 10.2. The zero-order valence-corrected chi connectivity index (χ0v) is 10.2. The predicted octanol–water partition coefficient (Wildman–Crippen LogP) is 3.36. The maximum absolute atomic E-state index is 13.5. The lowest BCUT2D eigenvalue weighted by Crippen LogP contribution is -2.04. The van der Waals surface area contributed by atoms with Crippen molar-refractivity contribution >= 4 is 11.7 Å². The molecule has 0 radical (unpaired) electrons. The third kappa shape index (κ3) is 2.94. The van der Waals surface area contributed by atoms with Gasteiger partial charge >= 0.3 is 11.7 Å². The van der Waals surface area contributed by atoms with Crippen molar-refractivity contribution in [1.29, 1.82) is 0 Å². The Kier molecular flexibility index (Phi) is 3.79. The minimum absolute atomic E-state index is 0.534. The molecule has 8 heteroatoms. The van der Waals surface area contributed by atoms with Crippen molar-refractivity contribution in [1.82, 2.24) is 0 Å². The quantitative estimate of drug-likeness (QED) is 0.690. The lowest BCUT2D eigenvalue weighted by Gasteiger charge is -2.09. The van der Waals surface area contributed by atoms with E-state index in [2.05, 4.69) is 0 Å². The molecule has 1 N–H and O–H groups in total. The van der Waals surface area contributed by atoms with E-state index in [1.54, 1.807) is 0 Å². The highest BCUT2D eigenvalue weighted by molar-refractivity contribution is 5.92. The highest BCUT2D eigenvalue weighted by atomic mass is 19.1. The summed E-state index contributed by atoms with van der Waals surface area (Å²) in [6.07, 6.45) is 0. The molecule has 6 nitrogen and oxygen atoms in total. The topological polar surface area (TPSA) is 89.7 Å². The average Bonchev–Trinajstić information content (AvgIpc) is 2.42. The SMILES string of the molecule is O=C(O)c1cccc([N+](=O)[O-])c1Oc1cc(F)ccc1F. The summed E-state index contributed by atoms with van der Waals surface area (Å²) in [5.41, 5.74) is -1.20. The van der Waals surface area contributed by atoms with Gasteiger partial charge in [0.15, 0.2) is 11.6 Å². The van der Waals surface area contributed by atoms with Gasteiger partial charge < -0.3 is 9.84 Å². The molecule has 0 spiro atoms. The van der Waals surface area contributed by atoms with Crippen LogP contribution in [0.1, 0.15) is 10.4 Å². The molecule has 0 amide bonds. The number of ether oxygens (including phenoxy) is 1. The molecule has 0 saturated heterocycles. The molecule has 108 valence electrons. The van der Waals surface area contributed by atoms with Gasteiger partial charge in [-0.15, -0.1) is 0 Å². The van der Waals surface area contributed by atoms with Crippen LogP contribution in [0.2, 0.25) is 0 Å². The third-order valence-corrected chi connectivity index (χ3v) is 2.53. The van der Waals surface area contributed by atoms with Crippen LogP contribution in [0.5, 0.6) is 11.5 Å². The van der Waals surface area contributed by atoms with E-state index in [0.717, 1.165) is 30.3 Å². The zero-order chi connectivity index (χ0) is 15.6. The molecular weight excluding hydrogens is 288 g/mol. The summed E-state index contributed by atoms with van der Waals surface area (Å²) in [7, 11) is 0. The number of carbonyl (C=O) groups is 1. The Morgan fingerprint density at radius 3 is 2.57 bits per heavy atom. The van der Waals surface area contributed by atoms with E-state index in [-0.39, 0.29) is 0 Å². The molecule has 0 atom stereocenters. The van der Waals surface area contributed by atoms with Crippen LogP contribution < -0.4 is 4.74 Å². The fourth-order valence-electron chi connectivity index (χ4n) is 1.61. The Bertz CT molecular complexity index is 700.